The second-order valence-corrected chi connectivity index (χ2v) is 3.64. The second-order valence-electron chi connectivity index (χ2n) is 3.23. The standard InChI is InChI=1S/C12H12ClNO2/c1-2-3-4-7-14-12(16)9-5-6-11(15)10(13)8-9/h1,5-6,8,15H,3-4,7H2,(H,14,16). The van der Waals surface area contributed by atoms with E-state index in [9.17, 15) is 9.90 Å². The molecule has 0 bridgehead atoms. The summed E-state index contributed by atoms with van der Waals surface area (Å²) < 4.78 is 0. The van der Waals surface area contributed by atoms with Crippen LogP contribution in [0.4, 0.5) is 0 Å². The Morgan fingerprint density at radius 3 is 2.94 bits per heavy atom. The van der Waals surface area contributed by atoms with Gasteiger partial charge in [0.15, 0.2) is 0 Å². The molecule has 2 N–H and O–H groups in total. The lowest BCUT2D eigenvalue weighted by Crippen LogP contribution is -2.24. The summed E-state index contributed by atoms with van der Waals surface area (Å²) in [5.41, 5.74) is 0.420. The zero-order chi connectivity index (χ0) is 12.0. The van der Waals surface area contributed by atoms with Crippen molar-refractivity contribution in [1.82, 2.24) is 5.32 Å². The first-order valence-electron chi connectivity index (χ1n) is 4.85. The Morgan fingerprint density at radius 1 is 1.56 bits per heavy atom. The number of hydrogen-bond donors (Lipinski definition) is 2. The van der Waals surface area contributed by atoms with Gasteiger partial charge in [-0.2, -0.15) is 0 Å². The van der Waals surface area contributed by atoms with E-state index < -0.39 is 0 Å². The van der Waals surface area contributed by atoms with E-state index in [-0.39, 0.29) is 16.7 Å². The molecule has 0 atom stereocenters. The van der Waals surface area contributed by atoms with Crippen LogP contribution < -0.4 is 5.32 Å². The summed E-state index contributed by atoms with van der Waals surface area (Å²) in [6.07, 6.45) is 6.46. The molecule has 3 nitrogen and oxygen atoms in total. The number of halogens is 1. The summed E-state index contributed by atoms with van der Waals surface area (Å²) in [6, 6.07) is 4.32. The SMILES string of the molecule is C#CCCCNC(=O)c1ccc(O)c(Cl)c1. The molecule has 0 unspecified atom stereocenters. The lowest BCUT2D eigenvalue weighted by molar-refractivity contribution is 0.0953. The number of nitrogens with one attached hydrogen (secondary N) is 1. The molecule has 1 amide bonds. The average molecular weight is 238 g/mol. The molecular formula is C12H12ClNO2. The normalized spacial score (nSPS) is 9.50. The van der Waals surface area contributed by atoms with Gasteiger partial charge in [0.2, 0.25) is 0 Å². The van der Waals surface area contributed by atoms with Crippen molar-refractivity contribution in [3.05, 3.63) is 28.8 Å². The third-order valence-electron chi connectivity index (χ3n) is 1.99. The van der Waals surface area contributed by atoms with Gasteiger partial charge in [0.25, 0.3) is 5.91 Å². The number of rotatable bonds is 4. The minimum Gasteiger partial charge on any atom is -0.506 e. The second kappa shape index (κ2) is 6.04. The summed E-state index contributed by atoms with van der Waals surface area (Å²) >= 11 is 5.69. The molecule has 0 aliphatic heterocycles. The molecule has 1 aromatic carbocycles. The van der Waals surface area contributed by atoms with E-state index in [2.05, 4.69) is 11.2 Å². The van der Waals surface area contributed by atoms with Crippen molar-refractivity contribution in [3.63, 3.8) is 0 Å². The summed E-state index contributed by atoms with van der Waals surface area (Å²) in [4.78, 5) is 11.6. The van der Waals surface area contributed by atoms with Crippen molar-refractivity contribution >= 4 is 17.5 Å². The molecule has 0 aromatic heterocycles. The van der Waals surface area contributed by atoms with Crippen LogP contribution >= 0.6 is 11.6 Å². The highest BCUT2D eigenvalue weighted by Gasteiger charge is 2.07. The number of phenolic OH excluding ortho intramolecular Hbond substituents is 1. The van der Waals surface area contributed by atoms with Gasteiger partial charge in [-0.1, -0.05) is 11.6 Å². The van der Waals surface area contributed by atoms with Gasteiger partial charge < -0.3 is 10.4 Å². The summed E-state index contributed by atoms with van der Waals surface area (Å²) in [6.45, 7) is 0.529. The highest BCUT2D eigenvalue weighted by molar-refractivity contribution is 6.32. The van der Waals surface area contributed by atoms with Gasteiger partial charge in [0.1, 0.15) is 5.75 Å². The van der Waals surface area contributed by atoms with Crippen molar-refractivity contribution < 1.29 is 9.90 Å². The molecule has 0 fully saturated rings. The predicted molar refractivity (Wildman–Crippen MR) is 63.5 cm³/mol. The van der Waals surface area contributed by atoms with Crippen LogP contribution in [0.5, 0.6) is 5.75 Å². The van der Waals surface area contributed by atoms with Crippen molar-refractivity contribution in [2.45, 2.75) is 12.8 Å². The van der Waals surface area contributed by atoms with Gasteiger partial charge in [-0.3, -0.25) is 4.79 Å². The van der Waals surface area contributed by atoms with Gasteiger partial charge in [-0.25, -0.2) is 0 Å². The molecule has 0 aliphatic carbocycles. The minimum atomic E-state index is -0.223. The fourth-order valence-corrected chi connectivity index (χ4v) is 1.32. The minimum absolute atomic E-state index is 0.0365. The molecule has 1 rings (SSSR count). The van der Waals surface area contributed by atoms with Crippen LogP contribution in [-0.4, -0.2) is 17.6 Å². The molecule has 0 radical (unpaired) electrons. The quantitative estimate of drug-likeness (QED) is 0.623. The number of amides is 1. The third kappa shape index (κ3) is 3.48. The Hall–Kier alpha value is -1.66. The molecule has 0 spiro atoms. The summed E-state index contributed by atoms with van der Waals surface area (Å²) in [5, 5.41) is 12.1. The lowest BCUT2D eigenvalue weighted by Gasteiger charge is -2.04. The van der Waals surface area contributed by atoms with Crippen LogP contribution in [0.25, 0.3) is 0 Å². The summed E-state index contributed by atoms with van der Waals surface area (Å²) in [5.74, 6) is 2.23. The number of phenols is 1. The number of hydrogen-bond acceptors (Lipinski definition) is 2. The molecule has 4 heteroatoms. The van der Waals surface area contributed by atoms with Crippen molar-refractivity contribution in [3.8, 4) is 18.1 Å². The van der Waals surface area contributed by atoms with E-state index in [1.165, 1.54) is 18.2 Å². The van der Waals surface area contributed by atoms with Crippen molar-refractivity contribution in [2.24, 2.45) is 0 Å². The Balaban J connectivity index is 2.53. The largest absolute Gasteiger partial charge is 0.506 e. The number of carbonyl (C=O) groups excluding carboxylic acids is 1. The zero-order valence-electron chi connectivity index (χ0n) is 8.66. The first kappa shape index (κ1) is 12.4. The number of terminal acetylenes is 1. The van der Waals surface area contributed by atoms with Gasteiger partial charge in [-0.05, 0) is 24.6 Å². The molecule has 0 heterocycles. The molecule has 84 valence electrons. The number of benzene rings is 1. The number of aromatic hydroxyl groups is 1. The van der Waals surface area contributed by atoms with Crippen LogP contribution in [0.1, 0.15) is 23.2 Å². The third-order valence-corrected chi connectivity index (χ3v) is 2.30. The average Bonchev–Trinajstić information content (AvgIpc) is 2.28. The van der Waals surface area contributed by atoms with Gasteiger partial charge in [-0.15, -0.1) is 12.3 Å². The van der Waals surface area contributed by atoms with Gasteiger partial charge >= 0.3 is 0 Å². The first-order valence-corrected chi connectivity index (χ1v) is 5.23. The van der Waals surface area contributed by atoms with Gasteiger partial charge in [0.05, 0.1) is 5.02 Å². The first-order chi connectivity index (χ1) is 7.65. The van der Waals surface area contributed by atoms with Crippen molar-refractivity contribution in [2.75, 3.05) is 6.54 Å². The number of carbonyl (C=O) groups is 1. The Kier molecular flexibility index (Phi) is 4.68. The van der Waals surface area contributed by atoms with Crippen molar-refractivity contribution in [1.29, 1.82) is 0 Å². The van der Waals surface area contributed by atoms with Crippen LogP contribution in [0.3, 0.4) is 0 Å². The zero-order valence-corrected chi connectivity index (χ0v) is 9.42. The van der Waals surface area contributed by atoms with Gasteiger partial charge in [0, 0.05) is 18.5 Å². The highest BCUT2D eigenvalue weighted by Crippen LogP contribution is 2.23. The van der Waals surface area contributed by atoms with Crippen LogP contribution in [0, 0.1) is 12.3 Å². The predicted octanol–water partition coefficient (Wildman–Crippen LogP) is 2.19. The van der Waals surface area contributed by atoms with Crippen LogP contribution in [0.15, 0.2) is 18.2 Å². The van der Waals surface area contributed by atoms with E-state index in [0.29, 0.717) is 18.5 Å². The Labute approximate surface area is 99.4 Å². The molecule has 0 saturated carbocycles. The summed E-state index contributed by atoms with van der Waals surface area (Å²) in [7, 11) is 0. The van der Waals surface area contributed by atoms with E-state index >= 15 is 0 Å². The van der Waals surface area contributed by atoms with E-state index in [1.54, 1.807) is 0 Å². The topological polar surface area (TPSA) is 49.3 Å². The van der Waals surface area contributed by atoms with E-state index in [1.807, 2.05) is 0 Å². The lowest BCUT2D eigenvalue weighted by atomic mass is 10.2. The fraction of sp³-hybridized carbons (Fsp3) is 0.250. The molecule has 0 aliphatic rings. The Bertz CT molecular complexity index is 424. The molecular weight excluding hydrogens is 226 g/mol. The van der Waals surface area contributed by atoms with E-state index in [0.717, 1.165) is 6.42 Å². The van der Waals surface area contributed by atoms with Crippen LogP contribution in [0.2, 0.25) is 5.02 Å². The Morgan fingerprint density at radius 2 is 2.31 bits per heavy atom. The maximum atomic E-state index is 11.6. The van der Waals surface area contributed by atoms with Crippen LogP contribution in [-0.2, 0) is 0 Å². The number of unbranched alkanes of at least 4 members (excludes halogenated alkanes) is 1. The monoisotopic (exact) mass is 237 g/mol. The smallest absolute Gasteiger partial charge is 0.251 e. The molecule has 16 heavy (non-hydrogen) atoms. The molecule has 1 aromatic rings. The highest BCUT2D eigenvalue weighted by atomic mass is 35.5. The molecule has 0 saturated heterocycles. The van der Waals surface area contributed by atoms with E-state index in [4.69, 9.17) is 18.0 Å². The fourth-order valence-electron chi connectivity index (χ4n) is 1.14. The maximum Gasteiger partial charge on any atom is 0.251 e. The maximum absolute atomic E-state index is 11.6.